The number of hydrogen-bond donors (Lipinski definition) is 1. The third-order valence-corrected chi connectivity index (χ3v) is 9.30. The molecule has 0 bridgehead atoms. The topological polar surface area (TPSA) is 79.4 Å². The van der Waals surface area contributed by atoms with Crippen LogP contribution in [-0.2, 0) is 14.8 Å². The predicted octanol–water partition coefficient (Wildman–Crippen LogP) is 4.30. The summed E-state index contributed by atoms with van der Waals surface area (Å²) >= 11 is 2.56. The summed E-state index contributed by atoms with van der Waals surface area (Å²) in [6, 6.07) is 14.6. The van der Waals surface area contributed by atoms with E-state index < -0.39 is 16.1 Å². The SMILES string of the molecule is O=C(Nc1nc2c(ccc3ccccc32)s1)[C@@H]1CCCN1S(=O)(=O)c1cccs1. The molecule has 5 rings (SSSR count). The Morgan fingerprint density at radius 1 is 1.14 bits per heavy atom. The Morgan fingerprint density at radius 2 is 2.00 bits per heavy atom. The van der Waals surface area contributed by atoms with Gasteiger partial charge in [-0.3, -0.25) is 4.79 Å². The minimum absolute atomic E-state index is 0.267. The Balaban J connectivity index is 1.43. The number of thiophene rings is 1. The summed E-state index contributed by atoms with van der Waals surface area (Å²) in [4.78, 5) is 17.5. The van der Waals surface area contributed by atoms with E-state index in [1.54, 1.807) is 17.5 Å². The van der Waals surface area contributed by atoms with Crippen LogP contribution in [0.1, 0.15) is 12.8 Å². The number of hydrogen-bond acceptors (Lipinski definition) is 6. The largest absolute Gasteiger partial charge is 0.301 e. The van der Waals surface area contributed by atoms with Gasteiger partial charge in [0.25, 0.3) is 10.0 Å². The van der Waals surface area contributed by atoms with E-state index in [1.807, 2.05) is 36.4 Å². The number of nitrogens with one attached hydrogen (secondary N) is 1. The zero-order valence-electron chi connectivity index (χ0n) is 15.2. The molecule has 1 aliphatic rings. The molecule has 2 aromatic heterocycles. The molecule has 3 heterocycles. The first-order valence-electron chi connectivity index (χ1n) is 9.18. The van der Waals surface area contributed by atoms with Gasteiger partial charge in [-0.1, -0.05) is 47.7 Å². The summed E-state index contributed by atoms with van der Waals surface area (Å²) in [6.45, 7) is 0.350. The average molecular weight is 444 g/mol. The second-order valence-corrected chi connectivity index (χ2v) is 10.9. The Morgan fingerprint density at radius 3 is 2.83 bits per heavy atom. The highest BCUT2D eigenvalue weighted by molar-refractivity contribution is 7.91. The van der Waals surface area contributed by atoms with Crippen LogP contribution in [0.3, 0.4) is 0 Å². The number of benzene rings is 2. The molecule has 0 radical (unpaired) electrons. The lowest BCUT2D eigenvalue weighted by atomic mass is 10.1. The summed E-state index contributed by atoms with van der Waals surface area (Å²) < 4.78 is 28.4. The van der Waals surface area contributed by atoms with Crippen molar-refractivity contribution in [2.24, 2.45) is 0 Å². The lowest BCUT2D eigenvalue weighted by Gasteiger charge is -2.22. The van der Waals surface area contributed by atoms with Crippen LogP contribution in [-0.4, -0.2) is 36.2 Å². The number of anilines is 1. The molecule has 0 spiro atoms. The van der Waals surface area contributed by atoms with Gasteiger partial charge in [-0.25, -0.2) is 13.4 Å². The molecule has 0 saturated carbocycles. The maximum atomic E-state index is 12.9. The summed E-state index contributed by atoms with van der Waals surface area (Å²) in [5.74, 6) is -0.328. The van der Waals surface area contributed by atoms with Gasteiger partial charge in [0, 0.05) is 11.9 Å². The van der Waals surface area contributed by atoms with Crippen molar-refractivity contribution < 1.29 is 13.2 Å². The van der Waals surface area contributed by atoms with Crippen LogP contribution in [0.2, 0.25) is 0 Å². The quantitative estimate of drug-likeness (QED) is 0.510. The molecule has 4 aromatic rings. The third-order valence-electron chi connectivity index (χ3n) is 5.08. The normalized spacial score (nSPS) is 17.9. The predicted molar refractivity (Wildman–Crippen MR) is 117 cm³/mol. The molecule has 1 fully saturated rings. The molecular weight excluding hydrogens is 426 g/mol. The Labute approximate surface area is 175 Å². The number of aromatic nitrogens is 1. The molecule has 0 aliphatic carbocycles. The molecule has 2 aromatic carbocycles. The van der Waals surface area contributed by atoms with E-state index in [1.165, 1.54) is 27.0 Å². The van der Waals surface area contributed by atoms with Gasteiger partial charge >= 0.3 is 0 Å². The van der Waals surface area contributed by atoms with Gasteiger partial charge < -0.3 is 5.32 Å². The van der Waals surface area contributed by atoms with E-state index in [0.29, 0.717) is 24.5 Å². The van der Waals surface area contributed by atoms with Crippen molar-refractivity contribution in [3.63, 3.8) is 0 Å². The fourth-order valence-corrected chi connectivity index (χ4v) is 7.38. The van der Waals surface area contributed by atoms with Crippen molar-refractivity contribution in [1.82, 2.24) is 9.29 Å². The molecule has 1 saturated heterocycles. The standard InChI is InChI=1S/C20H17N3O3S3/c24-19(15-7-3-11-23(15)29(25,26)17-8-4-12-27-17)22-20-21-18-14-6-2-1-5-13(14)9-10-16(18)28-20/h1-2,4-6,8-10,12,15H,3,7,11H2,(H,21,22,24)/t15-/m0/s1. The number of carbonyl (C=O) groups excluding carboxylic acids is 1. The number of sulfonamides is 1. The molecule has 1 aliphatic heterocycles. The first-order valence-corrected chi connectivity index (χ1v) is 12.3. The van der Waals surface area contributed by atoms with E-state index in [9.17, 15) is 13.2 Å². The molecule has 9 heteroatoms. The van der Waals surface area contributed by atoms with Gasteiger partial charge in [-0.2, -0.15) is 4.31 Å². The first kappa shape index (κ1) is 18.7. The van der Waals surface area contributed by atoms with Crippen molar-refractivity contribution in [2.75, 3.05) is 11.9 Å². The Kier molecular flexibility index (Phi) is 4.62. The number of thiazole rings is 1. The molecule has 148 valence electrons. The molecule has 1 N–H and O–H groups in total. The summed E-state index contributed by atoms with van der Waals surface area (Å²) in [5.41, 5.74) is 0.845. The molecule has 6 nitrogen and oxygen atoms in total. The smallest absolute Gasteiger partial charge is 0.253 e. The van der Waals surface area contributed by atoms with Gasteiger partial charge in [0.15, 0.2) is 5.13 Å². The molecule has 1 amide bonds. The van der Waals surface area contributed by atoms with Crippen LogP contribution in [0.4, 0.5) is 5.13 Å². The molecule has 0 unspecified atom stereocenters. The maximum absolute atomic E-state index is 12.9. The fourth-order valence-electron chi connectivity index (χ4n) is 3.72. The van der Waals surface area contributed by atoms with Crippen LogP contribution in [0, 0.1) is 0 Å². The van der Waals surface area contributed by atoms with Crippen LogP contribution in [0.25, 0.3) is 21.0 Å². The van der Waals surface area contributed by atoms with E-state index in [4.69, 9.17) is 0 Å². The summed E-state index contributed by atoms with van der Waals surface area (Å²) in [7, 11) is -3.66. The van der Waals surface area contributed by atoms with E-state index in [-0.39, 0.29) is 10.1 Å². The maximum Gasteiger partial charge on any atom is 0.253 e. The monoisotopic (exact) mass is 443 g/mol. The Hall–Kier alpha value is -2.33. The van der Waals surface area contributed by atoms with Crippen LogP contribution >= 0.6 is 22.7 Å². The number of nitrogens with zero attached hydrogens (tertiary/aromatic N) is 2. The van der Waals surface area contributed by atoms with Gasteiger partial charge in [-0.05, 0) is 35.7 Å². The lowest BCUT2D eigenvalue weighted by Crippen LogP contribution is -2.42. The van der Waals surface area contributed by atoms with Gasteiger partial charge in [0.2, 0.25) is 5.91 Å². The summed E-state index contributed by atoms with van der Waals surface area (Å²) in [5, 5.41) is 7.19. The van der Waals surface area contributed by atoms with Crippen LogP contribution < -0.4 is 5.32 Å². The van der Waals surface area contributed by atoms with Crippen LogP contribution in [0.15, 0.2) is 58.1 Å². The van der Waals surface area contributed by atoms with Crippen molar-refractivity contribution in [1.29, 1.82) is 0 Å². The minimum atomic E-state index is -3.66. The van der Waals surface area contributed by atoms with E-state index in [0.717, 1.165) is 21.0 Å². The molecule has 29 heavy (non-hydrogen) atoms. The minimum Gasteiger partial charge on any atom is -0.301 e. The fraction of sp³-hybridized carbons (Fsp3) is 0.200. The first-order chi connectivity index (χ1) is 14.0. The zero-order chi connectivity index (χ0) is 20.0. The van der Waals surface area contributed by atoms with Gasteiger partial charge in [-0.15, -0.1) is 11.3 Å². The summed E-state index contributed by atoms with van der Waals surface area (Å²) in [6.07, 6.45) is 1.16. The molecule has 1 atom stereocenters. The Bertz CT molecular complexity index is 1310. The number of rotatable bonds is 4. The highest BCUT2D eigenvalue weighted by Crippen LogP contribution is 2.33. The lowest BCUT2D eigenvalue weighted by molar-refractivity contribution is -0.119. The highest BCUT2D eigenvalue weighted by Gasteiger charge is 2.40. The number of carbonyl (C=O) groups is 1. The van der Waals surface area contributed by atoms with E-state index in [2.05, 4.69) is 10.3 Å². The second-order valence-electron chi connectivity index (χ2n) is 6.85. The van der Waals surface area contributed by atoms with Crippen molar-refractivity contribution in [3.8, 4) is 0 Å². The van der Waals surface area contributed by atoms with Gasteiger partial charge in [0.1, 0.15) is 10.3 Å². The van der Waals surface area contributed by atoms with Crippen LogP contribution in [0.5, 0.6) is 0 Å². The zero-order valence-corrected chi connectivity index (χ0v) is 17.7. The van der Waals surface area contributed by atoms with Crippen molar-refractivity contribution in [3.05, 3.63) is 53.9 Å². The highest BCUT2D eigenvalue weighted by atomic mass is 32.2. The van der Waals surface area contributed by atoms with Crippen molar-refractivity contribution in [2.45, 2.75) is 23.1 Å². The van der Waals surface area contributed by atoms with Gasteiger partial charge in [0.05, 0.1) is 10.2 Å². The third kappa shape index (κ3) is 3.24. The average Bonchev–Trinajstić information content (AvgIpc) is 3.47. The number of fused-ring (bicyclic) bond motifs is 3. The van der Waals surface area contributed by atoms with E-state index >= 15 is 0 Å². The number of amides is 1. The second kappa shape index (κ2) is 7.17. The van der Waals surface area contributed by atoms with Crippen molar-refractivity contribution >= 4 is 64.7 Å². The molecular formula is C20H17N3O3S3.